The lowest BCUT2D eigenvalue weighted by molar-refractivity contribution is -0.140. The summed E-state index contributed by atoms with van der Waals surface area (Å²) in [4.78, 5) is 100. The van der Waals surface area contributed by atoms with Gasteiger partial charge in [0.2, 0.25) is 0 Å². The van der Waals surface area contributed by atoms with E-state index in [1.165, 1.54) is 22.3 Å². The fourth-order valence-electron chi connectivity index (χ4n) is 24.7. The molecule has 8 aliphatic carbocycles. The lowest BCUT2D eigenvalue weighted by atomic mass is 9.61. The molecule has 28 heteroatoms. The first kappa shape index (κ1) is 94.7. The molecule has 4 aromatic carbocycles. The van der Waals surface area contributed by atoms with Gasteiger partial charge >= 0.3 is 7.12 Å². The second kappa shape index (κ2) is 36.7. The highest BCUT2D eigenvalue weighted by Gasteiger charge is 2.72. The van der Waals surface area contributed by atoms with Crippen molar-refractivity contribution in [3.8, 4) is 33.4 Å². The summed E-state index contributed by atoms with van der Waals surface area (Å²) in [6, 6.07) is 35.2. The van der Waals surface area contributed by atoms with Crippen molar-refractivity contribution in [3.63, 3.8) is 0 Å². The Hall–Kier alpha value is -10.5. The summed E-state index contributed by atoms with van der Waals surface area (Å²) in [5.74, 6) is 1.50. The molecule has 20 rings (SSSR count). The first-order valence-corrected chi connectivity index (χ1v) is 47.9. The lowest BCUT2D eigenvalue weighted by Crippen LogP contribution is -2.53. The van der Waals surface area contributed by atoms with E-state index in [9.17, 15) is 19.2 Å². The molecule has 0 radical (unpaired) electrons. The van der Waals surface area contributed by atoms with E-state index in [2.05, 4.69) is 127 Å². The van der Waals surface area contributed by atoms with Gasteiger partial charge in [0.15, 0.2) is 46.0 Å². The zero-order valence-corrected chi connectivity index (χ0v) is 81.0. The Labute approximate surface area is 785 Å². The van der Waals surface area contributed by atoms with Crippen molar-refractivity contribution in [2.24, 2.45) is 64.6 Å². The summed E-state index contributed by atoms with van der Waals surface area (Å²) >= 11 is 3.58. The number of methoxy groups -OCH3 is 4. The van der Waals surface area contributed by atoms with Crippen LogP contribution in [0.1, 0.15) is 225 Å². The highest BCUT2D eigenvalue weighted by atomic mass is 79.9. The Bertz CT molecular complexity index is 5470. The van der Waals surface area contributed by atoms with Gasteiger partial charge in [-0.25, -0.2) is 20.0 Å². The molecule has 8 spiro atoms. The van der Waals surface area contributed by atoms with E-state index in [1.54, 1.807) is 73.3 Å². The maximum atomic E-state index is 14.2. The molecule has 4 saturated carbocycles. The molecule has 4 fully saturated rings. The number of carbonyl (C=O) groups is 4. The topological polar surface area (TPSA) is 364 Å². The Kier molecular flexibility index (Phi) is 26.4. The van der Waals surface area contributed by atoms with E-state index in [4.69, 9.17) is 71.9 Å². The third-order valence-electron chi connectivity index (χ3n) is 31.2. The quantitative estimate of drug-likeness (QED) is 0.0619. The fourth-order valence-corrected chi connectivity index (χ4v) is 25.1. The zero-order valence-electron chi connectivity index (χ0n) is 79.4. The number of nitrogens with two attached hydrogens (primary N) is 4. The number of ether oxygens (including phenoxy) is 4. The van der Waals surface area contributed by atoms with Gasteiger partial charge < -0.3 is 51.9 Å². The third kappa shape index (κ3) is 15.9. The number of hydrogen-bond donors (Lipinski definition) is 6. The van der Waals surface area contributed by atoms with E-state index in [1.807, 2.05) is 113 Å². The van der Waals surface area contributed by atoms with E-state index in [0.29, 0.717) is 29.3 Å². The van der Waals surface area contributed by atoms with Gasteiger partial charge in [-0.2, -0.15) is 0 Å². The lowest BCUT2D eigenvalue weighted by Gasteiger charge is -2.45. The summed E-state index contributed by atoms with van der Waals surface area (Å²) in [5.41, 5.74) is 40.6. The van der Waals surface area contributed by atoms with E-state index < -0.39 is 29.3 Å². The molecule has 8 heterocycles. The molecule has 2 unspecified atom stereocenters. The molecule has 8 aromatic rings. The summed E-state index contributed by atoms with van der Waals surface area (Å²) in [6.45, 7) is 23.9. The van der Waals surface area contributed by atoms with Gasteiger partial charge in [0.1, 0.15) is 0 Å². The van der Waals surface area contributed by atoms with Crippen LogP contribution < -0.4 is 28.4 Å². The Balaban J connectivity index is 0.000000124. The molecule has 10 N–H and O–H groups in total. The number of guanidine groups is 4. The van der Waals surface area contributed by atoms with Crippen LogP contribution >= 0.6 is 15.9 Å². The maximum Gasteiger partial charge on any atom is 0.488 e. The van der Waals surface area contributed by atoms with Gasteiger partial charge in [0.05, 0.1) is 24.4 Å². The van der Waals surface area contributed by atoms with Crippen LogP contribution in [0, 0.1) is 49.4 Å². The zero-order chi connectivity index (χ0) is 94.3. The molecule has 26 nitrogen and oxygen atoms in total. The standard InChI is InChI=1S/3C26H32N4O2.C20H26BrN3O2.C6H8BNO2/c3*1-16(2)30-23(31)26(29-24(30)27)22-12-18(20-11-17(3)14-28-15-20)5-6-19(22)13-25(26)9-7-21(32-4)8-10-25;1-12(2)24-17(25)20(23-18(24)22)16-10-14(21)5-4-13(16)11-19(20)8-6-15(26-3)7-9-19;1-5-4-6(7(9)10)2-3-8-5/h3*5-6,11-12,14-16,21H,7-10,13H2,1-4H3,(H2,27,29);4-5,10,12,15H,6-9,11H2,1-3H3,(H2,22,23);2-4,9-10H,1H3/t2*21?,25?,26-;;;/m10.../s1. The number of amides is 4. The number of pyridine rings is 4. The van der Waals surface area contributed by atoms with E-state index >= 15 is 0 Å². The van der Waals surface area contributed by atoms with Crippen molar-refractivity contribution in [1.29, 1.82) is 0 Å². The van der Waals surface area contributed by atoms with Crippen LogP contribution in [0.4, 0.5) is 0 Å². The highest BCUT2D eigenvalue weighted by molar-refractivity contribution is 9.10. The number of hydrogen-bond acceptors (Lipinski definition) is 22. The number of fused-ring (bicyclic) bond motifs is 12. The third-order valence-corrected chi connectivity index (χ3v) is 31.7. The molecular weight excluding hydrogens is 1720 g/mol. The summed E-state index contributed by atoms with van der Waals surface area (Å²) in [5, 5.41) is 17.4. The van der Waals surface area contributed by atoms with Gasteiger partial charge in [0, 0.05) is 145 Å². The second-order valence-corrected chi connectivity index (χ2v) is 41.1. The number of aromatic nitrogens is 4. The number of benzene rings is 4. The summed E-state index contributed by atoms with van der Waals surface area (Å²) in [7, 11) is 5.72. The number of nitrogens with zero attached hydrogens (tertiary/aromatic N) is 12. The predicted octanol–water partition coefficient (Wildman–Crippen LogP) is 14.3. The fraction of sp³-hybridized carbons (Fsp3) is 0.500. The molecule has 696 valence electrons. The molecule has 4 amide bonds. The molecule has 4 aliphatic heterocycles. The number of halogens is 1. The van der Waals surface area contributed by atoms with Crippen LogP contribution in [0.5, 0.6) is 0 Å². The predicted molar refractivity (Wildman–Crippen MR) is 519 cm³/mol. The molecule has 4 atom stereocenters. The monoisotopic (exact) mass is 1850 g/mol. The van der Waals surface area contributed by atoms with Gasteiger partial charge in [-0.15, -0.1) is 0 Å². The first-order valence-electron chi connectivity index (χ1n) is 47.1. The van der Waals surface area contributed by atoms with Crippen molar-refractivity contribution in [1.82, 2.24) is 39.5 Å². The number of aryl methyl sites for hydroxylation is 4. The Morgan fingerprint density at radius 1 is 0.364 bits per heavy atom. The van der Waals surface area contributed by atoms with Gasteiger partial charge in [0.25, 0.3) is 23.6 Å². The summed E-state index contributed by atoms with van der Waals surface area (Å²) < 4.78 is 23.5. The molecule has 4 aromatic heterocycles. The van der Waals surface area contributed by atoms with Crippen LogP contribution in [0.15, 0.2) is 171 Å². The van der Waals surface area contributed by atoms with Gasteiger partial charge in [-0.05, 0) is 356 Å². The molecule has 12 aliphatic rings. The van der Waals surface area contributed by atoms with Crippen LogP contribution in [0.3, 0.4) is 0 Å². The van der Waals surface area contributed by atoms with Gasteiger partial charge in [-0.3, -0.25) is 58.7 Å². The van der Waals surface area contributed by atoms with Crippen molar-refractivity contribution in [2.75, 3.05) is 28.4 Å². The Morgan fingerprint density at radius 3 is 0.841 bits per heavy atom. The average molecular weight is 1860 g/mol. The minimum Gasteiger partial charge on any atom is -0.423 e. The SMILES string of the molecule is COC1CCC2(CC1)Cc1ccc(-c3cncc(C)c3)cc1C21N=C(N)N(C(C)C)C1=O.COC1CCC2(CC1)Cc1ccc(-c3cncc(C)c3)cc1[C@@]21N=C(N)N(C(C)C)C1=O.COC1CCC2(CC1)Cc1ccc(-c3cncc(C)c3)cc1[C@]21N=C(N)N(C(C)C)C1=O.COC1CCC2(CC1)Cc1ccc(Br)cc1C21N=C(N)N(C(C)C)C1=O.Cc1cc(B(O)O)ccn1. The van der Waals surface area contributed by atoms with Crippen LogP contribution in [-0.4, -0.2) is 181 Å². The Morgan fingerprint density at radius 2 is 0.621 bits per heavy atom. The molecule has 132 heavy (non-hydrogen) atoms. The highest BCUT2D eigenvalue weighted by Crippen LogP contribution is 2.67. The second-order valence-electron chi connectivity index (χ2n) is 40.1. The normalized spacial score (nSPS) is 28.6. The molecular formula is C104H130BBrN16O10. The van der Waals surface area contributed by atoms with Crippen molar-refractivity contribution < 1.29 is 48.2 Å². The summed E-state index contributed by atoms with van der Waals surface area (Å²) in [6.07, 6.45) is 31.9. The van der Waals surface area contributed by atoms with Crippen molar-refractivity contribution in [3.05, 3.63) is 218 Å². The largest absolute Gasteiger partial charge is 0.488 e. The van der Waals surface area contributed by atoms with Crippen LogP contribution in [0.2, 0.25) is 0 Å². The smallest absolute Gasteiger partial charge is 0.423 e. The van der Waals surface area contributed by atoms with E-state index in [0.717, 1.165) is 211 Å². The van der Waals surface area contributed by atoms with Crippen LogP contribution in [-0.2, 0) is 86.0 Å². The molecule has 0 saturated heterocycles. The molecule has 0 bridgehead atoms. The number of rotatable bonds is 12. The maximum absolute atomic E-state index is 14.2. The van der Waals surface area contributed by atoms with Crippen molar-refractivity contribution >= 4 is 76.0 Å². The number of carbonyl (C=O) groups excluding carboxylic acids is 4. The van der Waals surface area contributed by atoms with Gasteiger partial charge in [-0.1, -0.05) is 58.4 Å². The number of aliphatic imine (C=N–C) groups is 4. The minimum atomic E-state index is -1.39. The van der Waals surface area contributed by atoms with E-state index in [-0.39, 0.29) is 93.9 Å². The first-order chi connectivity index (χ1) is 63.0. The van der Waals surface area contributed by atoms with Crippen LogP contribution in [0.25, 0.3) is 33.4 Å². The van der Waals surface area contributed by atoms with Crippen molar-refractivity contribution in [2.45, 2.75) is 282 Å². The minimum absolute atomic E-state index is 0.00538. The average Bonchev–Trinajstić information content (AvgIpc) is 1.53.